The van der Waals surface area contributed by atoms with Crippen molar-refractivity contribution in [2.24, 2.45) is 20.6 Å². The number of aliphatic hydroxyl groups is 1. The molecule has 0 saturated carbocycles. The molecular formula is C23H25N5O3. The van der Waals surface area contributed by atoms with Crippen molar-refractivity contribution in [3.8, 4) is 0 Å². The van der Waals surface area contributed by atoms with Crippen molar-refractivity contribution >= 4 is 22.7 Å². The molecule has 0 amide bonds. The zero-order valence-corrected chi connectivity index (χ0v) is 17.5. The van der Waals surface area contributed by atoms with Crippen molar-refractivity contribution in [1.29, 1.82) is 0 Å². The lowest BCUT2D eigenvalue weighted by molar-refractivity contribution is 0.185. The molecule has 3 aromatic carbocycles. The first-order valence-electron chi connectivity index (χ1n) is 9.71. The van der Waals surface area contributed by atoms with Crippen LogP contribution in [-0.4, -0.2) is 19.3 Å². The Labute approximate surface area is 181 Å². The van der Waals surface area contributed by atoms with Gasteiger partial charge in [0.2, 0.25) is 0 Å². The minimum atomic E-state index is -0.0825. The van der Waals surface area contributed by atoms with Crippen LogP contribution in [-0.2, 0) is 29.3 Å². The van der Waals surface area contributed by atoms with Crippen molar-refractivity contribution in [3.05, 3.63) is 83.4 Å². The highest BCUT2D eigenvalue weighted by Gasteiger charge is 2.05. The van der Waals surface area contributed by atoms with E-state index >= 15 is 0 Å². The lowest BCUT2D eigenvalue weighted by Crippen LogP contribution is -1.94. The predicted molar refractivity (Wildman–Crippen MR) is 119 cm³/mol. The number of para-hydroxylation sites is 1. The Morgan fingerprint density at radius 2 is 1.42 bits per heavy atom. The lowest BCUT2D eigenvalue weighted by atomic mass is 10.1. The predicted octanol–water partition coefficient (Wildman–Crippen LogP) is 6.00. The van der Waals surface area contributed by atoms with Crippen molar-refractivity contribution in [3.63, 3.8) is 0 Å². The molecule has 160 valence electrons. The van der Waals surface area contributed by atoms with Gasteiger partial charge in [-0.2, -0.15) is 10.2 Å². The molecule has 8 heteroatoms. The van der Waals surface area contributed by atoms with Gasteiger partial charge in [-0.3, -0.25) is 5.43 Å². The van der Waals surface area contributed by atoms with Gasteiger partial charge in [-0.25, -0.2) is 0 Å². The zero-order chi connectivity index (χ0) is 21.9. The quantitative estimate of drug-likeness (QED) is 0.311. The summed E-state index contributed by atoms with van der Waals surface area (Å²) in [6.45, 7) is 0.738. The topological polar surface area (TPSA) is 100 Å². The van der Waals surface area contributed by atoms with Gasteiger partial charge < -0.3 is 14.6 Å². The molecule has 0 saturated heterocycles. The minimum absolute atomic E-state index is 0.0825. The van der Waals surface area contributed by atoms with Crippen molar-refractivity contribution in [1.82, 2.24) is 0 Å². The second kappa shape index (κ2) is 11.7. The summed E-state index contributed by atoms with van der Waals surface area (Å²) in [5.41, 5.74) is 8.17. The largest absolute Gasteiger partial charge is 0.392 e. The molecule has 0 aliphatic heterocycles. The van der Waals surface area contributed by atoms with E-state index in [0.717, 1.165) is 22.4 Å². The Bertz CT molecular complexity index is 1050. The molecule has 0 aromatic heterocycles. The third-order valence-electron chi connectivity index (χ3n) is 4.44. The average Bonchev–Trinajstić information content (AvgIpc) is 2.80. The SMILES string of the molecule is COCc1cc(N=Nc2ccccc2COC)ccc1N=NNc1ccccc1CO. The molecule has 0 radical (unpaired) electrons. The molecule has 0 spiro atoms. The molecule has 0 atom stereocenters. The van der Waals surface area contributed by atoms with Crippen molar-refractivity contribution in [2.45, 2.75) is 19.8 Å². The summed E-state index contributed by atoms with van der Waals surface area (Å²) >= 11 is 0. The zero-order valence-electron chi connectivity index (χ0n) is 17.5. The number of rotatable bonds is 10. The number of nitrogens with one attached hydrogen (secondary N) is 1. The fourth-order valence-corrected chi connectivity index (χ4v) is 2.90. The van der Waals surface area contributed by atoms with Gasteiger partial charge in [0, 0.05) is 30.9 Å². The Morgan fingerprint density at radius 3 is 2.19 bits per heavy atom. The number of benzene rings is 3. The van der Waals surface area contributed by atoms with Gasteiger partial charge in [0.15, 0.2) is 0 Å². The van der Waals surface area contributed by atoms with Crippen LogP contribution < -0.4 is 5.43 Å². The van der Waals surface area contributed by atoms with E-state index < -0.39 is 0 Å². The lowest BCUT2D eigenvalue weighted by Gasteiger charge is -2.07. The number of anilines is 1. The van der Waals surface area contributed by atoms with Crippen molar-refractivity contribution < 1.29 is 14.6 Å². The second-order valence-electron chi connectivity index (χ2n) is 6.63. The number of ether oxygens (including phenoxy) is 2. The highest BCUT2D eigenvalue weighted by Crippen LogP contribution is 2.28. The maximum atomic E-state index is 9.40. The van der Waals surface area contributed by atoms with Crippen LogP contribution in [0.4, 0.5) is 22.7 Å². The summed E-state index contributed by atoms with van der Waals surface area (Å²) in [7, 11) is 3.27. The number of azo groups is 1. The van der Waals surface area contributed by atoms with Crippen LogP contribution in [0.25, 0.3) is 0 Å². The third-order valence-corrected chi connectivity index (χ3v) is 4.44. The smallest absolute Gasteiger partial charge is 0.0931 e. The number of hydrogen-bond acceptors (Lipinski definition) is 7. The van der Waals surface area contributed by atoms with Crippen LogP contribution in [0.2, 0.25) is 0 Å². The molecule has 0 heterocycles. The Hall–Kier alpha value is -3.46. The summed E-state index contributed by atoms with van der Waals surface area (Å²) < 4.78 is 10.5. The average molecular weight is 419 g/mol. The van der Waals surface area contributed by atoms with Crippen LogP contribution in [0, 0.1) is 0 Å². The van der Waals surface area contributed by atoms with Crippen LogP contribution in [0.15, 0.2) is 87.3 Å². The molecule has 3 rings (SSSR count). The van der Waals surface area contributed by atoms with Crippen molar-refractivity contribution in [2.75, 3.05) is 19.6 Å². The molecule has 0 bridgehead atoms. The number of methoxy groups -OCH3 is 2. The van der Waals surface area contributed by atoms with E-state index in [1.54, 1.807) is 14.2 Å². The number of aliphatic hydroxyl groups excluding tert-OH is 1. The van der Waals surface area contributed by atoms with E-state index in [4.69, 9.17) is 9.47 Å². The van der Waals surface area contributed by atoms with E-state index in [2.05, 4.69) is 26.0 Å². The monoisotopic (exact) mass is 419 g/mol. The molecule has 0 aliphatic rings. The molecular weight excluding hydrogens is 394 g/mol. The molecule has 8 nitrogen and oxygen atoms in total. The summed E-state index contributed by atoms with van der Waals surface area (Å²) in [6.07, 6.45) is 0. The molecule has 2 N–H and O–H groups in total. The van der Waals surface area contributed by atoms with Crippen LogP contribution in [0.5, 0.6) is 0 Å². The Morgan fingerprint density at radius 1 is 0.742 bits per heavy atom. The molecule has 0 fully saturated rings. The molecule has 3 aromatic rings. The molecule has 0 aliphatic carbocycles. The first-order valence-corrected chi connectivity index (χ1v) is 9.71. The van der Waals surface area contributed by atoms with E-state index in [1.807, 2.05) is 66.7 Å². The second-order valence-corrected chi connectivity index (χ2v) is 6.63. The van der Waals surface area contributed by atoms with Gasteiger partial charge in [0.05, 0.1) is 42.6 Å². The van der Waals surface area contributed by atoms with Gasteiger partial charge in [-0.05, 0) is 30.3 Å². The van der Waals surface area contributed by atoms with E-state index in [-0.39, 0.29) is 6.61 Å². The van der Waals surface area contributed by atoms with E-state index in [9.17, 15) is 5.11 Å². The molecule has 31 heavy (non-hydrogen) atoms. The fraction of sp³-hybridized carbons (Fsp3) is 0.217. The summed E-state index contributed by atoms with van der Waals surface area (Å²) in [5.74, 6) is 0. The number of hydrogen-bond donors (Lipinski definition) is 2. The summed E-state index contributed by atoms with van der Waals surface area (Å²) in [4.78, 5) is 0. The first-order chi connectivity index (χ1) is 15.2. The highest BCUT2D eigenvalue weighted by molar-refractivity contribution is 5.55. The van der Waals surface area contributed by atoms with Gasteiger partial charge in [0.1, 0.15) is 0 Å². The van der Waals surface area contributed by atoms with E-state index in [1.165, 1.54) is 0 Å². The normalized spacial score (nSPS) is 11.5. The Balaban J connectivity index is 1.78. The van der Waals surface area contributed by atoms with E-state index in [0.29, 0.717) is 30.3 Å². The van der Waals surface area contributed by atoms with Crippen LogP contribution in [0.3, 0.4) is 0 Å². The summed E-state index contributed by atoms with van der Waals surface area (Å²) in [5, 5.41) is 26.4. The van der Waals surface area contributed by atoms with Gasteiger partial charge in [0.25, 0.3) is 0 Å². The highest BCUT2D eigenvalue weighted by atomic mass is 16.5. The molecule has 0 unspecified atom stereocenters. The number of nitrogens with zero attached hydrogens (tertiary/aromatic N) is 4. The maximum Gasteiger partial charge on any atom is 0.0931 e. The van der Waals surface area contributed by atoms with Gasteiger partial charge >= 0.3 is 0 Å². The fourth-order valence-electron chi connectivity index (χ4n) is 2.90. The van der Waals surface area contributed by atoms with Crippen LogP contribution in [0.1, 0.15) is 16.7 Å². The first kappa shape index (κ1) is 22.2. The minimum Gasteiger partial charge on any atom is -0.392 e. The summed E-state index contributed by atoms with van der Waals surface area (Å²) in [6, 6.07) is 20.6. The maximum absolute atomic E-state index is 9.40. The Kier molecular flexibility index (Phi) is 8.36. The van der Waals surface area contributed by atoms with Gasteiger partial charge in [-0.1, -0.05) is 41.6 Å². The van der Waals surface area contributed by atoms with Crippen LogP contribution >= 0.6 is 0 Å². The third kappa shape index (κ3) is 6.26. The standard InChI is InChI=1S/C23H25N5O3/c1-30-15-18-8-4-6-10-22(18)25-24-20-11-12-23(19(13-20)16-31-2)27-28-26-21-9-5-3-7-17(21)14-29/h3-13,29H,14-16H2,1-2H3,(H,26,27). The van der Waals surface area contributed by atoms with Gasteiger partial charge in [-0.15, -0.1) is 5.11 Å².